The third-order valence-electron chi connectivity index (χ3n) is 4.59. The number of alkyl halides is 3. The number of rotatable bonds is 5. The van der Waals surface area contributed by atoms with Gasteiger partial charge in [0, 0.05) is 31.8 Å². The molecule has 0 atom stereocenters. The molecule has 0 fully saturated rings. The topological polar surface area (TPSA) is 32.3 Å². The maximum Gasteiger partial charge on any atom is 0.416 e. The third-order valence-corrected chi connectivity index (χ3v) is 4.59. The number of hydrogen-bond donors (Lipinski definition) is 1. The van der Waals surface area contributed by atoms with Crippen molar-refractivity contribution in [2.45, 2.75) is 25.7 Å². The standard InChI is InChI=1S/C21H20F4N2O/c22-19-6-2-4-16(12-19)14-27-9-7-17(8-10-27)20(28)26-13-15-3-1-5-18(11-15)21(23,24)25/h1-7,11-12H,8-10,13-14H2,(H,26,28). The van der Waals surface area contributed by atoms with E-state index in [1.165, 1.54) is 18.2 Å². The maximum absolute atomic E-state index is 13.3. The summed E-state index contributed by atoms with van der Waals surface area (Å²) in [5.41, 5.74) is 1.14. The van der Waals surface area contributed by atoms with Crippen molar-refractivity contribution in [3.63, 3.8) is 0 Å². The van der Waals surface area contributed by atoms with Gasteiger partial charge in [-0.2, -0.15) is 13.2 Å². The Bertz CT molecular complexity index is 877. The van der Waals surface area contributed by atoms with E-state index in [1.54, 1.807) is 12.1 Å². The predicted molar refractivity (Wildman–Crippen MR) is 97.7 cm³/mol. The predicted octanol–water partition coefficient (Wildman–Crippen LogP) is 4.29. The molecule has 0 spiro atoms. The van der Waals surface area contributed by atoms with Crippen molar-refractivity contribution in [3.8, 4) is 0 Å². The average molecular weight is 392 g/mol. The van der Waals surface area contributed by atoms with Gasteiger partial charge in [0.15, 0.2) is 0 Å². The van der Waals surface area contributed by atoms with Gasteiger partial charge in [-0.1, -0.05) is 30.3 Å². The minimum atomic E-state index is -4.41. The second-order valence-corrected chi connectivity index (χ2v) is 6.73. The summed E-state index contributed by atoms with van der Waals surface area (Å²) < 4.78 is 51.5. The number of carbonyl (C=O) groups excluding carboxylic acids is 1. The molecule has 1 heterocycles. The van der Waals surface area contributed by atoms with Crippen LogP contribution in [0.2, 0.25) is 0 Å². The first-order valence-corrected chi connectivity index (χ1v) is 8.91. The number of benzene rings is 2. The Morgan fingerprint density at radius 2 is 1.82 bits per heavy atom. The van der Waals surface area contributed by atoms with E-state index in [1.807, 2.05) is 12.1 Å². The molecule has 0 aromatic heterocycles. The van der Waals surface area contributed by atoms with Gasteiger partial charge >= 0.3 is 6.18 Å². The maximum atomic E-state index is 13.3. The number of hydrogen-bond acceptors (Lipinski definition) is 2. The van der Waals surface area contributed by atoms with E-state index in [0.717, 1.165) is 17.7 Å². The molecule has 2 aromatic carbocycles. The Morgan fingerprint density at radius 1 is 1.07 bits per heavy atom. The number of nitrogens with one attached hydrogen (secondary N) is 1. The van der Waals surface area contributed by atoms with Gasteiger partial charge in [0.2, 0.25) is 5.91 Å². The number of amides is 1. The van der Waals surface area contributed by atoms with Crippen LogP contribution in [0.4, 0.5) is 17.6 Å². The first-order valence-electron chi connectivity index (χ1n) is 8.91. The molecule has 7 heteroatoms. The van der Waals surface area contributed by atoms with Crippen molar-refractivity contribution in [1.82, 2.24) is 10.2 Å². The molecule has 1 aliphatic heterocycles. The second kappa shape index (κ2) is 8.56. The molecule has 28 heavy (non-hydrogen) atoms. The van der Waals surface area contributed by atoms with Crippen LogP contribution < -0.4 is 5.32 Å². The fraction of sp³-hybridized carbons (Fsp3) is 0.286. The molecule has 3 nitrogen and oxygen atoms in total. The van der Waals surface area contributed by atoms with Crippen molar-refractivity contribution in [1.29, 1.82) is 0 Å². The molecular weight excluding hydrogens is 372 g/mol. The Hall–Kier alpha value is -2.67. The summed E-state index contributed by atoms with van der Waals surface area (Å²) in [5.74, 6) is -0.553. The summed E-state index contributed by atoms with van der Waals surface area (Å²) in [6.07, 6.45) is -2.06. The van der Waals surface area contributed by atoms with Crippen LogP contribution in [0.5, 0.6) is 0 Å². The molecule has 1 N–H and O–H groups in total. The molecule has 0 saturated heterocycles. The highest BCUT2D eigenvalue weighted by Gasteiger charge is 2.30. The summed E-state index contributed by atoms with van der Waals surface area (Å²) in [5, 5.41) is 2.68. The van der Waals surface area contributed by atoms with E-state index < -0.39 is 11.7 Å². The number of halogens is 4. The molecule has 1 amide bonds. The number of nitrogens with zero attached hydrogens (tertiary/aromatic N) is 1. The van der Waals surface area contributed by atoms with E-state index in [-0.39, 0.29) is 18.3 Å². The Balaban J connectivity index is 1.52. The molecule has 0 saturated carbocycles. The summed E-state index contributed by atoms with van der Waals surface area (Å²) in [4.78, 5) is 14.4. The van der Waals surface area contributed by atoms with Gasteiger partial charge in [-0.05, 0) is 41.8 Å². The lowest BCUT2D eigenvalue weighted by molar-refractivity contribution is -0.137. The van der Waals surface area contributed by atoms with Gasteiger partial charge in [0.1, 0.15) is 5.82 Å². The Morgan fingerprint density at radius 3 is 2.50 bits per heavy atom. The Labute approximate surface area is 160 Å². The summed E-state index contributed by atoms with van der Waals surface area (Å²) in [6, 6.07) is 11.3. The minimum absolute atomic E-state index is 0.0348. The van der Waals surface area contributed by atoms with Crippen molar-refractivity contribution >= 4 is 5.91 Å². The van der Waals surface area contributed by atoms with E-state index in [2.05, 4.69) is 10.2 Å². The zero-order chi connectivity index (χ0) is 20.1. The fourth-order valence-corrected chi connectivity index (χ4v) is 3.11. The lowest BCUT2D eigenvalue weighted by atomic mass is 10.1. The van der Waals surface area contributed by atoms with Crippen molar-refractivity contribution in [2.24, 2.45) is 0 Å². The lowest BCUT2D eigenvalue weighted by Crippen LogP contribution is -2.33. The summed E-state index contributed by atoms with van der Waals surface area (Å²) >= 11 is 0. The van der Waals surface area contributed by atoms with Gasteiger partial charge in [-0.25, -0.2) is 4.39 Å². The highest BCUT2D eigenvalue weighted by atomic mass is 19.4. The summed E-state index contributed by atoms with van der Waals surface area (Å²) in [6.45, 7) is 1.84. The smallest absolute Gasteiger partial charge is 0.348 e. The Kier molecular flexibility index (Phi) is 6.14. The molecular formula is C21H20F4N2O. The van der Waals surface area contributed by atoms with Crippen LogP contribution in [-0.4, -0.2) is 23.9 Å². The van der Waals surface area contributed by atoms with E-state index in [4.69, 9.17) is 0 Å². The average Bonchev–Trinajstić information content (AvgIpc) is 2.66. The highest BCUT2D eigenvalue weighted by Crippen LogP contribution is 2.29. The normalized spacial score (nSPS) is 15.2. The van der Waals surface area contributed by atoms with Crippen molar-refractivity contribution in [3.05, 3.63) is 82.7 Å². The van der Waals surface area contributed by atoms with Crippen LogP contribution in [0.15, 0.2) is 60.2 Å². The van der Waals surface area contributed by atoms with E-state index >= 15 is 0 Å². The van der Waals surface area contributed by atoms with Crippen LogP contribution >= 0.6 is 0 Å². The van der Waals surface area contributed by atoms with Gasteiger partial charge in [0.25, 0.3) is 0 Å². The SMILES string of the molecule is O=C(NCc1cccc(C(F)(F)F)c1)C1=CCN(Cc2cccc(F)c2)CC1. The van der Waals surface area contributed by atoms with Gasteiger partial charge in [-0.3, -0.25) is 9.69 Å². The monoisotopic (exact) mass is 392 g/mol. The van der Waals surface area contributed by atoms with Gasteiger partial charge < -0.3 is 5.32 Å². The molecule has 2 aromatic rings. The van der Waals surface area contributed by atoms with Crippen LogP contribution in [0.25, 0.3) is 0 Å². The number of carbonyl (C=O) groups is 1. The largest absolute Gasteiger partial charge is 0.416 e. The van der Waals surface area contributed by atoms with Crippen LogP contribution in [-0.2, 0) is 24.1 Å². The van der Waals surface area contributed by atoms with Crippen LogP contribution in [0.1, 0.15) is 23.1 Å². The molecule has 0 aliphatic carbocycles. The van der Waals surface area contributed by atoms with Crippen LogP contribution in [0, 0.1) is 5.82 Å². The molecule has 0 radical (unpaired) electrons. The van der Waals surface area contributed by atoms with E-state index in [0.29, 0.717) is 37.2 Å². The first-order chi connectivity index (χ1) is 13.3. The minimum Gasteiger partial charge on any atom is -0.348 e. The fourth-order valence-electron chi connectivity index (χ4n) is 3.11. The van der Waals surface area contributed by atoms with Crippen LogP contribution in [0.3, 0.4) is 0 Å². The molecule has 1 aliphatic rings. The van der Waals surface area contributed by atoms with Crippen molar-refractivity contribution < 1.29 is 22.4 Å². The zero-order valence-corrected chi connectivity index (χ0v) is 15.1. The second-order valence-electron chi connectivity index (χ2n) is 6.73. The molecule has 148 valence electrons. The lowest BCUT2D eigenvalue weighted by Gasteiger charge is -2.26. The highest BCUT2D eigenvalue weighted by molar-refractivity contribution is 5.93. The van der Waals surface area contributed by atoms with Gasteiger partial charge in [-0.15, -0.1) is 0 Å². The quantitative estimate of drug-likeness (QED) is 0.770. The third kappa shape index (κ3) is 5.42. The first kappa shape index (κ1) is 20.1. The summed E-state index contributed by atoms with van der Waals surface area (Å²) in [7, 11) is 0. The molecule has 0 bridgehead atoms. The van der Waals surface area contributed by atoms with Crippen molar-refractivity contribution in [2.75, 3.05) is 13.1 Å². The van der Waals surface area contributed by atoms with Gasteiger partial charge in [0.05, 0.1) is 5.56 Å². The molecule has 0 unspecified atom stereocenters. The van der Waals surface area contributed by atoms with E-state index in [9.17, 15) is 22.4 Å². The zero-order valence-electron chi connectivity index (χ0n) is 15.1. The molecule has 3 rings (SSSR count).